The van der Waals surface area contributed by atoms with Gasteiger partial charge in [0, 0.05) is 36.3 Å². The molecule has 1 atom stereocenters. The summed E-state index contributed by atoms with van der Waals surface area (Å²) in [4.78, 5) is 2.36. The molecule has 0 fully saturated rings. The molecule has 0 aliphatic heterocycles. The van der Waals surface area contributed by atoms with Crippen LogP contribution in [0.25, 0.3) is 21.8 Å². The zero-order chi connectivity index (χ0) is 19.6. The number of fused-ring (bicyclic) bond motifs is 3. The molecule has 0 bridgehead atoms. The third-order valence-corrected chi connectivity index (χ3v) is 6.34. The van der Waals surface area contributed by atoms with Crippen LogP contribution in [0.1, 0.15) is 26.7 Å². The third-order valence-electron chi connectivity index (χ3n) is 4.78. The Morgan fingerprint density at radius 3 is 2.30 bits per heavy atom. The first-order valence-corrected chi connectivity index (χ1v) is 11.8. The fourth-order valence-electron chi connectivity index (χ4n) is 3.81. The maximum atomic E-state index is 10.9. The van der Waals surface area contributed by atoms with E-state index < -0.39 is 6.10 Å². The molecule has 0 spiro atoms. The van der Waals surface area contributed by atoms with Gasteiger partial charge in [-0.25, -0.2) is 0 Å². The fraction of sp³-hybridized carbons (Fsp3) is 0.429. The lowest BCUT2D eigenvalue weighted by Gasteiger charge is -2.25. The number of aromatic nitrogens is 1. The molecule has 0 aliphatic rings. The van der Waals surface area contributed by atoms with Gasteiger partial charge < -0.3 is 14.6 Å². The Labute approximate surface area is 186 Å². The standard InChI is InChI=1S/C21H25Br3N2O/c1-3-7-25(8-4-2)12-16(27)13-26-20-6-5-14(22)9-17(20)18-10-15(23)11-19(24)21(18)26/h5-6,9-11,16,27H,3-4,7-8,12-13H2,1-2H3/t16-/m1/s1. The zero-order valence-electron chi connectivity index (χ0n) is 15.7. The Hall–Kier alpha value is -0.400. The highest BCUT2D eigenvalue weighted by Crippen LogP contribution is 2.37. The van der Waals surface area contributed by atoms with Crippen LogP contribution in [0.4, 0.5) is 0 Å². The maximum Gasteiger partial charge on any atom is 0.0845 e. The minimum absolute atomic E-state index is 0.416. The molecule has 146 valence electrons. The van der Waals surface area contributed by atoms with Crippen molar-refractivity contribution < 1.29 is 5.11 Å². The average Bonchev–Trinajstić information content (AvgIpc) is 2.88. The molecule has 1 aromatic heterocycles. The van der Waals surface area contributed by atoms with E-state index in [-0.39, 0.29) is 0 Å². The summed E-state index contributed by atoms with van der Waals surface area (Å²) in [7, 11) is 0. The lowest BCUT2D eigenvalue weighted by atomic mass is 10.2. The van der Waals surface area contributed by atoms with Crippen LogP contribution in [0.15, 0.2) is 43.7 Å². The van der Waals surface area contributed by atoms with Crippen LogP contribution in [0, 0.1) is 0 Å². The van der Waals surface area contributed by atoms with Gasteiger partial charge in [0.15, 0.2) is 0 Å². The second-order valence-corrected chi connectivity index (χ2v) is 9.70. The third kappa shape index (κ3) is 4.78. The van der Waals surface area contributed by atoms with E-state index in [0.29, 0.717) is 13.1 Å². The van der Waals surface area contributed by atoms with Crippen molar-refractivity contribution in [3.8, 4) is 0 Å². The van der Waals surface area contributed by atoms with Gasteiger partial charge >= 0.3 is 0 Å². The molecule has 0 saturated carbocycles. The number of nitrogens with zero attached hydrogens (tertiary/aromatic N) is 2. The van der Waals surface area contributed by atoms with Crippen LogP contribution >= 0.6 is 47.8 Å². The molecule has 0 radical (unpaired) electrons. The summed E-state index contributed by atoms with van der Waals surface area (Å²) in [6, 6.07) is 10.6. The van der Waals surface area contributed by atoms with Crippen molar-refractivity contribution >= 4 is 69.6 Å². The first kappa shape index (κ1) is 21.3. The van der Waals surface area contributed by atoms with E-state index in [1.54, 1.807) is 0 Å². The van der Waals surface area contributed by atoms with Gasteiger partial charge in [-0.15, -0.1) is 0 Å². The SMILES string of the molecule is CCCN(CCC)C[C@@H](O)Cn1c2ccc(Br)cc2c2cc(Br)cc(Br)c21. The summed E-state index contributed by atoms with van der Waals surface area (Å²) in [6.07, 6.45) is 1.80. The van der Waals surface area contributed by atoms with E-state index in [9.17, 15) is 5.11 Å². The summed E-state index contributed by atoms with van der Waals surface area (Å²) in [5.74, 6) is 0. The molecule has 0 saturated heterocycles. The fourth-order valence-corrected chi connectivity index (χ4v) is 5.61. The second-order valence-electron chi connectivity index (χ2n) is 7.01. The van der Waals surface area contributed by atoms with Crippen molar-refractivity contribution in [2.45, 2.75) is 39.3 Å². The molecule has 1 N–H and O–H groups in total. The largest absolute Gasteiger partial charge is 0.390 e. The van der Waals surface area contributed by atoms with Crippen LogP contribution in [-0.2, 0) is 6.54 Å². The number of hydrogen-bond donors (Lipinski definition) is 1. The molecule has 3 nitrogen and oxygen atoms in total. The van der Waals surface area contributed by atoms with Crippen molar-refractivity contribution in [1.29, 1.82) is 0 Å². The minimum Gasteiger partial charge on any atom is -0.390 e. The van der Waals surface area contributed by atoms with Crippen LogP contribution < -0.4 is 0 Å². The van der Waals surface area contributed by atoms with Crippen molar-refractivity contribution in [3.63, 3.8) is 0 Å². The molecule has 2 aromatic carbocycles. The van der Waals surface area contributed by atoms with Gasteiger partial charge in [0.25, 0.3) is 0 Å². The second kappa shape index (κ2) is 9.40. The van der Waals surface area contributed by atoms with Crippen LogP contribution in [-0.4, -0.2) is 40.3 Å². The van der Waals surface area contributed by atoms with Crippen molar-refractivity contribution in [2.75, 3.05) is 19.6 Å². The summed E-state index contributed by atoms with van der Waals surface area (Å²) < 4.78 is 5.38. The van der Waals surface area contributed by atoms with E-state index in [2.05, 4.69) is 101 Å². The summed E-state index contributed by atoms with van der Waals surface area (Å²) in [5, 5.41) is 13.2. The Morgan fingerprint density at radius 1 is 0.963 bits per heavy atom. The predicted molar refractivity (Wildman–Crippen MR) is 126 cm³/mol. The number of rotatable bonds is 8. The van der Waals surface area contributed by atoms with Gasteiger partial charge in [0.2, 0.25) is 0 Å². The number of halogens is 3. The van der Waals surface area contributed by atoms with Gasteiger partial charge in [0.05, 0.1) is 18.2 Å². The lowest BCUT2D eigenvalue weighted by Crippen LogP contribution is -2.35. The molecule has 6 heteroatoms. The monoisotopic (exact) mass is 558 g/mol. The van der Waals surface area contributed by atoms with E-state index in [1.807, 2.05) is 0 Å². The van der Waals surface area contributed by atoms with Crippen LogP contribution in [0.5, 0.6) is 0 Å². The van der Waals surface area contributed by atoms with Crippen molar-refractivity contribution in [3.05, 3.63) is 43.7 Å². The highest BCUT2D eigenvalue weighted by atomic mass is 79.9. The molecular formula is C21H25Br3N2O. The molecule has 0 amide bonds. The first-order chi connectivity index (χ1) is 12.9. The Balaban J connectivity index is 2.02. The quantitative estimate of drug-likeness (QED) is 0.338. The minimum atomic E-state index is -0.416. The summed E-state index contributed by atoms with van der Waals surface area (Å²) in [5.41, 5.74) is 2.27. The number of aliphatic hydroxyl groups is 1. The number of aliphatic hydroxyl groups excluding tert-OH is 1. The van der Waals surface area contributed by atoms with Gasteiger partial charge in [0.1, 0.15) is 0 Å². The topological polar surface area (TPSA) is 28.4 Å². The summed E-state index contributed by atoms with van der Waals surface area (Å²) in [6.45, 7) is 7.71. The van der Waals surface area contributed by atoms with Gasteiger partial charge in [-0.3, -0.25) is 0 Å². The van der Waals surface area contributed by atoms with Gasteiger partial charge in [-0.2, -0.15) is 0 Å². The first-order valence-electron chi connectivity index (χ1n) is 9.41. The predicted octanol–water partition coefficient (Wildman–Crippen LogP) is 6.56. The normalized spacial score (nSPS) is 13.1. The highest BCUT2D eigenvalue weighted by Gasteiger charge is 2.18. The molecule has 0 unspecified atom stereocenters. The van der Waals surface area contributed by atoms with Crippen LogP contribution in [0.3, 0.4) is 0 Å². The van der Waals surface area contributed by atoms with Crippen LogP contribution in [0.2, 0.25) is 0 Å². The lowest BCUT2D eigenvalue weighted by molar-refractivity contribution is 0.0997. The van der Waals surface area contributed by atoms with E-state index in [1.165, 1.54) is 10.8 Å². The molecule has 1 heterocycles. The smallest absolute Gasteiger partial charge is 0.0845 e. The van der Waals surface area contributed by atoms with Crippen molar-refractivity contribution in [2.24, 2.45) is 0 Å². The Kier molecular flexibility index (Phi) is 7.42. The summed E-state index contributed by atoms with van der Waals surface area (Å²) >= 11 is 10.9. The maximum absolute atomic E-state index is 10.9. The average molecular weight is 561 g/mol. The molecule has 3 aromatic rings. The van der Waals surface area contributed by atoms with E-state index >= 15 is 0 Å². The van der Waals surface area contributed by atoms with Gasteiger partial charge in [-0.1, -0.05) is 45.7 Å². The Bertz CT molecular complexity index is 932. The number of hydrogen-bond acceptors (Lipinski definition) is 2. The Morgan fingerprint density at radius 2 is 1.63 bits per heavy atom. The molecular weight excluding hydrogens is 536 g/mol. The molecule has 27 heavy (non-hydrogen) atoms. The highest BCUT2D eigenvalue weighted by molar-refractivity contribution is 9.11. The van der Waals surface area contributed by atoms with E-state index in [4.69, 9.17) is 0 Å². The zero-order valence-corrected chi connectivity index (χ0v) is 20.4. The van der Waals surface area contributed by atoms with Crippen molar-refractivity contribution in [1.82, 2.24) is 9.47 Å². The number of benzene rings is 2. The van der Waals surface area contributed by atoms with Gasteiger partial charge in [-0.05, 0) is 72.2 Å². The molecule has 3 rings (SSSR count). The van der Waals surface area contributed by atoms with E-state index in [0.717, 1.165) is 50.4 Å². The molecule has 0 aliphatic carbocycles.